The lowest BCUT2D eigenvalue weighted by Gasteiger charge is -2.27. The molecular weight excluding hydrogens is 188 g/mol. The maximum absolute atomic E-state index is 11.9. The maximum Gasteiger partial charge on any atom is 0.222 e. The molecular formula is C12H24N2O. The molecule has 15 heavy (non-hydrogen) atoms. The summed E-state index contributed by atoms with van der Waals surface area (Å²) in [4.78, 5) is 14.0. The zero-order valence-corrected chi connectivity index (χ0v) is 10.1. The van der Waals surface area contributed by atoms with Crippen LogP contribution in [0.4, 0.5) is 0 Å². The molecule has 0 radical (unpaired) electrons. The molecule has 0 spiro atoms. The summed E-state index contributed by atoms with van der Waals surface area (Å²) in [6.45, 7) is 3.91. The summed E-state index contributed by atoms with van der Waals surface area (Å²) in [5.74, 6) is 0.347. The Labute approximate surface area is 93.2 Å². The molecule has 1 fully saturated rings. The number of hydrogen-bond donors (Lipinski definition) is 1. The van der Waals surface area contributed by atoms with Gasteiger partial charge in [-0.2, -0.15) is 0 Å². The zero-order valence-electron chi connectivity index (χ0n) is 10.1. The van der Waals surface area contributed by atoms with E-state index in [1.54, 1.807) is 0 Å². The molecule has 0 bridgehead atoms. The van der Waals surface area contributed by atoms with E-state index in [0.29, 0.717) is 18.4 Å². The van der Waals surface area contributed by atoms with Gasteiger partial charge in [-0.15, -0.1) is 0 Å². The Morgan fingerprint density at radius 2 is 2.07 bits per heavy atom. The van der Waals surface area contributed by atoms with Gasteiger partial charge in [0, 0.05) is 19.0 Å². The molecule has 3 nitrogen and oxygen atoms in total. The molecule has 3 heteroatoms. The molecule has 0 heterocycles. The van der Waals surface area contributed by atoms with Crippen molar-refractivity contribution in [1.82, 2.24) is 10.2 Å². The van der Waals surface area contributed by atoms with Gasteiger partial charge in [-0.1, -0.05) is 12.8 Å². The van der Waals surface area contributed by atoms with Crippen molar-refractivity contribution in [2.24, 2.45) is 0 Å². The standard InChI is InChI=1S/C12H24N2O/c1-3-14(11-7-4-5-8-11)12(15)9-6-10-13-2/h11,13H,3-10H2,1-2H3. The van der Waals surface area contributed by atoms with E-state index in [2.05, 4.69) is 17.1 Å². The van der Waals surface area contributed by atoms with Gasteiger partial charge in [0.1, 0.15) is 0 Å². The fraction of sp³-hybridized carbons (Fsp3) is 0.917. The van der Waals surface area contributed by atoms with E-state index in [1.165, 1.54) is 25.7 Å². The maximum atomic E-state index is 11.9. The zero-order chi connectivity index (χ0) is 11.1. The number of hydrogen-bond acceptors (Lipinski definition) is 2. The average molecular weight is 212 g/mol. The number of nitrogens with one attached hydrogen (secondary N) is 1. The Morgan fingerprint density at radius 1 is 1.40 bits per heavy atom. The van der Waals surface area contributed by atoms with Gasteiger partial charge in [-0.05, 0) is 39.8 Å². The SMILES string of the molecule is CCN(C(=O)CCCNC)C1CCCC1. The Kier molecular flexibility index (Phi) is 5.69. The highest BCUT2D eigenvalue weighted by molar-refractivity contribution is 5.76. The van der Waals surface area contributed by atoms with Gasteiger partial charge in [-0.25, -0.2) is 0 Å². The highest BCUT2D eigenvalue weighted by Crippen LogP contribution is 2.23. The van der Waals surface area contributed by atoms with E-state index in [4.69, 9.17) is 0 Å². The molecule has 0 saturated heterocycles. The molecule has 1 aliphatic rings. The van der Waals surface area contributed by atoms with Crippen LogP contribution in [0.3, 0.4) is 0 Å². The largest absolute Gasteiger partial charge is 0.340 e. The fourth-order valence-electron chi connectivity index (χ4n) is 2.41. The second-order valence-corrected chi connectivity index (χ2v) is 4.33. The van der Waals surface area contributed by atoms with Crippen molar-refractivity contribution in [2.45, 2.75) is 51.5 Å². The van der Waals surface area contributed by atoms with Crippen LogP contribution >= 0.6 is 0 Å². The Hall–Kier alpha value is -0.570. The van der Waals surface area contributed by atoms with Gasteiger partial charge in [0.05, 0.1) is 0 Å². The number of carbonyl (C=O) groups is 1. The van der Waals surface area contributed by atoms with E-state index < -0.39 is 0 Å². The summed E-state index contributed by atoms with van der Waals surface area (Å²) in [5, 5.41) is 3.08. The van der Waals surface area contributed by atoms with Gasteiger partial charge in [0.15, 0.2) is 0 Å². The predicted molar refractivity (Wildman–Crippen MR) is 62.8 cm³/mol. The van der Waals surface area contributed by atoms with Gasteiger partial charge >= 0.3 is 0 Å². The lowest BCUT2D eigenvalue weighted by atomic mass is 10.2. The Morgan fingerprint density at radius 3 is 2.60 bits per heavy atom. The molecule has 0 aromatic carbocycles. The van der Waals surface area contributed by atoms with E-state index in [-0.39, 0.29) is 0 Å². The molecule has 0 aromatic rings. The molecule has 1 amide bonds. The van der Waals surface area contributed by atoms with Crippen LogP contribution in [-0.2, 0) is 4.79 Å². The minimum Gasteiger partial charge on any atom is -0.340 e. The van der Waals surface area contributed by atoms with Gasteiger partial charge in [-0.3, -0.25) is 4.79 Å². The van der Waals surface area contributed by atoms with Crippen molar-refractivity contribution in [3.8, 4) is 0 Å². The van der Waals surface area contributed by atoms with Crippen molar-refractivity contribution in [3.63, 3.8) is 0 Å². The van der Waals surface area contributed by atoms with Crippen LogP contribution in [-0.4, -0.2) is 37.0 Å². The van der Waals surface area contributed by atoms with Crippen LogP contribution < -0.4 is 5.32 Å². The third kappa shape index (κ3) is 3.82. The summed E-state index contributed by atoms with van der Waals surface area (Å²) >= 11 is 0. The molecule has 1 saturated carbocycles. The van der Waals surface area contributed by atoms with Crippen molar-refractivity contribution >= 4 is 5.91 Å². The average Bonchev–Trinajstić information content (AvgIpc) is 2.73. The van der Waals surface area contributed by atoms with E-state index >= 15 is 0 Å². The van der Waals surface area contributed by atoms with E-state index in [0.717, 1.165) is 19.5 Å². The molecule has 0 aromatic heterocycles. The number of rotatable bonds is 6. The number of amides is 1. The second-order valence-electron chi connectivity index (χ2n) is 4.33. The summed E-state index contributed by atoms with van der Waals surface area (Å²) in [6, 6.07) is 0.539. The lowest BCUT2D eigenvalue weighted by molar-refractivity contribution is -0.133. The summed E-state index contributed by atoms with van der Waals surface area (Å²) in [6.07, 6.45) is 6.68. The highest BCUT2D eigenvalue weighted by Gasteiger charge is 2.24. The first-order valence-corrected chi connectivity index (χ1v) is 6.23. The predicted octanol–water partition coefficient (Wildman–Crippen LogP) is 1.78. The van der Waals surface area contributed by atoms with Crippen molar-refractivity contribution in [2.75, 3.05) is 20.1 Å². The quantitative estimate of drug-likeness (QED) is 0.681. The third-order valence-corrected chi connectivity index (χ3v) is 3.24. The van der Waals surface area contributed by atoms with Crippen molar-refractivity contribution in [3.05, 3.63) is 0 Å². The van der Waals surface area contributed by atoms with Crippen LogP contribution in [0.1, 0.15) is 45.4 Å². The third-order valence-electron chi connectivity index (χ3n) is 3.24. The summed E-state index contributed by atoms with van der Waals surface area (Å²) in [5.41, 5.74) is 0. The lowest BCUT2D eigenvalue weighted by Crippen LogP contribution is -2.38. The van der Waals surface area contributed by atoms with Gasteiger partial charge in [0.2, 0.25) is 5.91 Å². The first kappa shape index (κ1) is 12.5. The highest BCUT2D eigenvalue weighted by atomic mass is 16.2. The fourth-order valence-corrected chi connectivity index (χ4v) is 2.41. The molecule has 0 aliphatic heterocycles. The molecule has 1 N–H and O–H groups in total. The normalized spacial score (nSPS) is 16.9. The van der Waals surface area contributed by atoms with Crippen LogP contribution in [0.2, 0.25) is 0 Å². The molecule has 88 valence electrons. The number of carbonyl (C=O) groups excluding carboxylic acids is 1. The molecule has 1 rings (SSSR count). The van der Waals surface area contributed by atoms with Gasteiger partial charge in [0.25, 0.3) is 0 Å². The van der Waals surface area contributed by atoms with Crippen LogP contribution in [0, 0.1) is 0 Å². The second kappa shape index (κ2) is 6.83. The first-order chi connectivity index (χ1) is 7.29. The summed E-state index contributed by atoms with van der Waals surface area (Å²) < 4.78 is 0. The molecule has 0 unspecified atom stereocenters. The van der Waals surface area contributed by atoms with E-state index in [1.807, 2.05) is 7.05 Å². The monoisotopic (exact) mass is 212 g/mol. The number of nitrogens with zero attached hydrogens (tertiary/aromatic N) is 1. The van der Waals surface area contributed by atoms with Crippen LogP contribution in [0.5, 0.6) is 0 Å². The molecule has 0 atom stereocenters. The molecule has 1 aliphatic carbocycles. The van der Waals surface area contributed by atoms with Crippen LogP contribution in [0.25, 0.3) is 0 Å². The Balaban J connectivity index is 2.32. The van der Waals surface area contributed by atoms with Crippen molar-refractivity contribution in [1.29, 1.82) is 0 Å². The topological polar surface area (TPSA) is 32.3 Å². The minimum atomic E-state index is 0.347. The van der Waals surface area contributed by atoms with Crippen molar-refractivity contribution < 1.29 is 4.79 Å². The van der Waals surface area contributed by atoms with Crippen LogP contribution in [0.15, 0.2) is 0 Å². The van der Waals surface area contributed by atoms with E-state index in [9.17, 15) is 4.79 Å². The smallest absolute Gasteiger partial charge is 0.222 e. The first-order valence-electron chi connectivity index (χ1n) is 6.23. The summed E-state index contributed by atoms with van der Waals surface area (Å²) in [7, 11) is 1.93. The Bertz CT molecular complexity index is 188. The minimum absolute atomic E-state index is 0.347. The van der Waals surface area contributed by atoms with Gasteiger partial charge < -0.3 is 10.2 Å².